The number of carbonyl (C=O) groups is 2. The topological polar surface area (TPSA) is 117 Å². The summed E-state index contributed by atoms with van der Waals surface area (Å²) in [6.07, 6.45) is 0. The van der Waals surface area contributed by atoms with Crippen LogP contribution >= 0.6 is 0 Å². The maximum absolute atomic E-state index is 10.9. The summed E-state index contributed by atoms with van der Waals surface area (Å²) in [6, 6.07) is -0.790. The number of aromatic nitrogens is 2. The zero-order chi connectivity index (χ0) is 10.6. The van der Waals surface area contributed by atoms with E-state index in [0.29, 0.717) is 5.82 Å². The number of carboxylic acid groups (broad SMARTS) is 1. The number of aryl methyl sites for hydroxylation is 1. The molecule has 1 aromatic rings. The molecule has 0 spiro atoms. The number of hydrogen-bond donors (Lipinski definition) is 3. The highest BCUT2D eigenvalue weighted by atomic mass is 16.5. The standard InChI is InChI=1S/C6H8N4O4/c1-3-8-6(14-10-3)9-5(13)7-2-4(11)12/h2H2,1H3,(H,11,12)(H2,7,8,9,10,13). The number of rotatable bonds is 3. The normalized spacial score (nSPS) is 9.50. The van der Waals surface area contributed by atoms with Crippen LogP contribution in [0.1, 0.15) is 5.82 Å². The van der Waals surface area contributed by atoms with Crippen molar-refractivity contribution in [3.8, 4) is 0 Å². The number of aliphatic carboxylic acids is 1. The van der Waals surface area contributed by atoms with Crippen molar-refractivity contribution in [2.45, 2.75) is 6.92 Å². The average molecular weight is 200 g/mol. The number of anilines is 1. The number of carbonyl (C=O) groups excluding carboxylic acids is 1. The fraction of sp³-hybridized carbons (Fsp3) is 0.333. The minimum absolute atomic E-state index is 0.0783. The molecule has 0 aromatic carbocycles. The summed E-state index contributed by atoms with van der Waals surface area (Å²) in [7, 11) is 0. The molecule has 0 saturated heterocycles. The van der Waals surface area contributed by atoms with E-state index >= 15 is 0 Å². The van der Waals surface area contributed by atoms with Crippen LogP contribution in [-0.2, 0) is 4.79 Å². The van der Waals surface area contributed by atoms with E-state index in [-0.39, 0.29) is 6.01 Å². The minimum atomic E-state index is -1.14. The van der Waals surface area contributed by atoms with E-state index in [1.165, 1.54) is 0 Å². The molecule has 1 heterocycles. The lowest BCUT2D eigenvalue weighted by molar-refractivity contribution is -0.135. The molecule has 0 radical (unpaired) electrons. The first kappa shape index (κ1) is 9.96. The Hall–Kier alpha value is -2.12. The molecule has 0 bridgehead atoms. The van der Waals surface area contributed by atoms with Gasteiger partial charge in [0.1, 0.15) is 6.54 Å². The van der Waals surface area contributed by atoms with Crippen molar-refractivity contribution in [1.29, 1.82) is 0 Å². The summed E-state index contributed by atoms with van der Waals surface area (Å²) >= 11 is 0. The van der Waals surface area contributed by atoms with Crippen LogP contribution in [0.15, 0.2) is 4.52 Å². The van der Waals surface area contributed by atoms with Gasteiger partial charge in [-0.25, -0.2) is 4.79 Å². The van der Waals surface area contributed by atoms with E-state index in [1.54, 1.807) is 6.92 Å². The van der Waals surface area contributed by atoms with Gasteiger partial charge in [0.15, 0.2) is 5.82 Å². The molecule has 0 fully saturated rings. The third-order valence-corrected chi connectivity index (χ3v) is 1.15. The lowest BCUT2D eigenvalue weighted by atomic mass is 10.6. The van der Waals surface area contributed by atoms with Gasteiger partial charge in [-0.1, -0.05) is 5.16 Å². The van der Waals surface area contributed by atoms with Gasteiger partial charge in [-0.15, -0.1) is 0 Å². The molecule has 8 nitrogen and oxygen atoms in total. The molecule has 0 aliphatic carbocycles. The second-order valence-electron chi connectivity index (χ2n) is 2.35. The smallest absolute Gasteiger partial charge is 0.329 e. The molecule has 0 atom stereocenters. The Morgan fingerprint density at radius 3 is 2.79 bits per heavy atom. The molecule has 14 heavy (non-hydrogen) atoms. The zero-order valence-electron chi connectivity index (χ0n) is 7.27. The summed E-state index contributed by atoms with van der Waals surface area (Å²) in [5.74, 6) is -0.764. The third kappa shape index (κ3) is 3.09. The van der Waals surface area contributed by atoms with Gasteiger partial charge >= 0.3 is 18.0 Å². The second kappa shape index (κ2) is 4.21. The van der Waals surface area contributed by atoms with Crippen LogP contribution < -0.4 is 10.6 Å². The largest absolute Gasteiger partial charge is 0.480 e. The van der Waals surface area contributed by atoms with Gasteiger partial charge in [0.25, 0.3) is 0 Å². The summed E-state index contributed by atoms with van der Waals surface area (Å²) in [5.41, 5.74) is 0. The molecule has 0 saturated carbocycles. The van der Waals surface area contributed by atoms with E-state index in [2.05, 4.69) is 25.3 Å². The Morgan fingerprint density at radius 2 is 2.29 bits per heavy atom. The van der Waals surface area contributed by atoms with Gasteiger partial charge in [-0.3, -0.25) is 10.1 Å². The molecule has 3 N–H and O–H groups in total. The number of carboxylic acids is 1. The first-order chi connectivity index (χ1) is 6.58. The molecular weight excluding hydrogens is 192 g/mol. The molecule has 2 amide bonds. The molecule has 1 aromatic heterocycles. The van der Waals surface area contributed by atoms with Crippen LogP contribution in [0, 0.1) is 6.92 Å². The second-order valence-corrected chi connectivity index (χ2v) is 2.35. The minimum Gasteiger partial charge on any atom is -0.480 e. The predicted molar refractivity (Wildman–Crippen MR) is 43.7 cm³/mol. The molecule has 76 valence electrons. The Morgan fingerprint density at radius 1 is 1.57 bits per heavy atom. The quantitative estimate of drug-likeness (QED) is 0.610. The lowest BCUT2D eigenvalue weighted by Crippen LogP contribution is -2.33. The molecular formula is C6H8N4O4. The van der Waals surface area contributed by atoms with Crippen LogP contribution in [0.5, 0.6) is 0 Å². The van der Waals surface area contributed by atoms with E-state index in [1.807, 2.05) is 0 Å². The molecule has 0 aliphatic rings. The van der Waals surface area contributed by atoms with Crippen molar-refractivity contribution in [2.75, 3.05) is 11.9 Å². The highest BCUT2D eigenvalue weighted by Crippen LogP contribution is 2.00. The summed E-state index contributed by atoms with van der Waals surface area (Å²) in [6.45, 7) is 1.11. The monoisotopic (exact) mass is 200 g/mol. The van der Waals surface area contributed by atoms with E-state index in [4.69, 9.17) is 5.11 Å². The summed E-state index contributed by atoms with van der Waals surface area (Å²) in [4.78, 5) is 24.7. The summed E-state index contributed by atoms with van der Waals surface area (Å²) in [5, 5.41) is 15.9. The van der Waals surface area contributed by atoms with Crippen LogP contribution in [0.3, 0.4) is 0 Å². The average Bonchev–Trinajstić information content (AvgIpc) is 2.48. The SMILES string of the molecule is Cc1noc(NC(=O)NCC(=O)O)n1. The number of amides is 2. The Balaban J connectivity index is 2.37. The van der Waals surface area contributed by atoms with E-state index in [0.717, 1.165) is 0 Å². The number of urea groups is 1. The highest BCUT2D eigenvalue weighted by Gasteiger charge is 2.07. The first-order valence-electron chi connectivity index (χ1n) is 3.65. The van der Waals surface area contributed by atoms with Crippen molar-refractivity contribution in [1.82, 2.24) is 15.5 Å². The van der Waals surface area contributed by atoms with Crippen molar-refractivity contribution in [3.63, 3.8) is 0 Å². The fourth-order valence-electron chi connectivity index (χ4n) is 0.645. The fourth-order valence-corrected chi connectivity index (χ4v) is 0.645. The molecule has 1 rings (SSSR count). The van der Waals surface area contributed by atoms with Gasteiger partial charge in [0.05, 0.1) is 0 Å². The molecule has 0 unspecified atom stereocenters. The zero-order valence-corrected chi connectivity index (χ0v) is 7.27. The van der Waals surface area contributed by atoms with Gasteiger partial charge in [0, 0.05) is 0 Å². The number of hydrogen-bond acceptors (Lipinski definition) is 5. The predicted octanol–water partition coefficient (Wildman–Crippen LogP) is -0.416. The maximum Gasteiger partial charge on any atom is 0.329 e. The van der Waals surface area contributed by atoms with Crippen molar-refractivity contribution in [3.05, 3.63) is 5.82 Å². The molecule has 0 aliphatic heterocycles. The van der Waals surface area contributed by atoms with Crippen LogP contribution in [-0.4, -0.2) is 33.8 Å². The van der Waals surface area contributed by atoms with Crippen molar-refractivity contribution in [2.24, 2.45) is 0 Å². The third-order valence-electron chi connectivity index (χ3n) is 1.15. The van der Waals surface area contributed by atoms with Gasteiger partial charge < -0.3 is 14.9 Å². The number of nitrogens with zero attached hydrogens (tertiary/aromatic N) is 2. The maximum atomic E-state index is 10.9. The van der Waals surface area contributed by atoms with E-state index in [9.17, 15) is 9.59 Å². The Kier molecular flexibility index (Phi) is 3.00. The summed E-state index contributed by atoms with van der Waals surface area (Å²) < 4.78 is 4.56. The van der Waals surface area contributed by atoms with Crippen LogP contribution in [0.4, 0.5) is 10.8 Å². The van der Waals surface area contributed by atoms with Gasteiger partial charge in [0.2, 0.25) is 0 Å². The Bertz CT molecular complexity index is 347. The van der Waals surface area contributed by atoms with Gasteiger partial charge in [-0.05, 0) is 6.92 Å². The Labute approximate surface area is 78.3 Å². The lowest BCUT2D eigenvalue weighted by Gasteiger charge is -1.99. The van der Waals surface area contributed by atoms with Crippen molar-refractivity contribution >= 4 is 18.0 Å². The van der Waals surface area contributed by atoms with Gasteiger partial charge in [-0.2, -0.15) is 4.98 Å². The first-order valence-corrected chi connectivity index (χ1v) is 3.65. The van der Waals surface area contributed by atoms with E-state index < -0.39 is 18.5 Å². The molecule has 8 heteroatoms. The van der Waals surface area contributed by atoms with Crippen molar-refractivity contribution < 1.29 is 19.2 Å². The highest BCUT2D eigenvalue weighted by molar-refractivity contribution is 5.89. The van der Waals surface area contributed by atoms with Crippen LogP contribution in [0.2, 0.25) is 0 Å². The number of nitrogens with one attached hydrogen (secondary N) is 2. The van der Waals surface area contributed by atoms with Crippen LogP contribution in [0.25, 0.3) is 0 Å².